The Morgan fingerprint density at radius 1 is 1.19 bits per heavy atom. The van der Waals surface area contributed by atoms with Gasteiger partial charge in [-0.05, 0) is 50.8 Å². The number of rotatable bonds is 2. The number of amides is 1. The average molecular weight is 352 g/mol. The van der Waals surface area contributed by atoms with Crippen molar-refractivity contribution in [2.45, 2.75) is 39.2 Å². The lowest BCUT2D eigenvalue weighted by molar-refractivity contribution is 0.0609. The first kappa shape index (κ1) is 16.7. The Balaban J connectivity index is 1.71. The van der Waals surface area contributed by atoms with Crippen LogP contribution in [0, 0.1) is 19.7 Å². The minimum atomic E-state index is -0.262. The molecule has 1 atom stereocenters. The quantitative estimate of drug-likeness (QED) is 0.704. The molecular formula is C20H21FN4O. The first-order valence-corrected chi connectivity index (χ1v) is 8.93. The molecule has 26 heavy (non-hydrogen) atoms. The molecule has 1 aromatic carbocycles. The molecule has 2 aromatic heterocycles. The van der Waals surface area contributed by atoms with Crippen molar-refractivity contribution in [2.75, 3.05) is 6.54 Å². The van der Waals surface area contributed by atoms with Crippen molar-refractivity contribution in [2.24, 2.45) is 0 Å². The zero-order chi connectivity index (χ0) is 18.3. The van der Waals surface area contributed by atoms with Gasteiger partial charge in [-0.2, -0.15) is 5.10 Å². The Hall–Kier alpha value is -2.76. The fourth-order valence-electron chi connectivity index (χ4n) is 3.73. The number of halogens is 1. The molecule has 0 bridgehead atoms. The van der Waals surface area contributed by atoms with Crippen molar-refractivity contribution < 1.29 is 9.18 Å². The van der Waals surface area contributed by atoms with Gasteiger partial charge in [-0.1, -0.05) is 12.1 Å². The van der Waals surface area contributed by atoms with Crippen LogP contribution in [0.3, 0.4) is 0 Å². The summed E-state index contributed by atoms with van der Waals surface area (Å²) in [5, 5.41) is 4.43. The van der Waals surface area contributed by atoms with Crippen LogP contribution >= 0.6 is 0 Å². The summed E-state index contributed by atoms with van der Waals surface area (Å²) in [4.78, 5) is 19.6. The zero-order valence-corrected chi connectivity index (χ0v) is 14.9. The van der Waals surface area contributed by atoms with Gasteiger partial charge < -0.3 is 4.90 Å². The lowest BCUT2D eigenvalue weighted by Crippen LogP contribution is -2.39. The van der Waals surface area contributed by atoms with Crippen LogP contribution in [0.4, 0.5) is 4.39 Å². The molecule has 3 heterocycles. The molecule has 1 aliphatic rings. The van der Waals surface area contributed by atoms with Crippen LogP contribution in [0.15, 0.2) is 36.5 Å². The first-order chi connectivity index (χ1) is 12.5. The van der Waals surface area contributed by atoms with Gasteiger partial charge in [-0.15, -0.1) is 0 Å². The Morgan fingerprint density at radius 3 is 2.73 bits per heavy atom. The maximum absolute atomic E-state index is 13.3. The molecule has 5 nitrogen and oxygen atoms in total. The van der Waals surface area contributed by atoms with E-state index in [-0.39, 0.29) is 17.8 Å². The van der Waals surface area contributed by atoms with E-state index in [1.807, 2.05) is 24.8 Å². The summed E-state index contributed by atoms with van der Waals surface area (Å²) < 4.78 is 15.0. The molecule has 0 radical (unpaired) electrons. The number of fused-ring (bicyclic) bond motifs is 1. The number of aromatic nitrogens is 3. The van der Waals surface area contributed by atoms with E-state index in [0.717, 1.165) is 41.9 Å². The number of nitrogens with zero attached hydrogens (tertiary/aromatic N) is 4. The molecule has 3 aromatic rings. The lowest BCUT2D eigenvalue weighted by Gasteiger charge is -2.36. The Labute approximate surface area is 151 Å². The molecular weight excluding hydrogens is 331 g/mol. The molecule has 134 valence electrons. The smallest absolute Gasteiger partial charge is 0.257 e. The summed E-state index contributed by atoms with van der Waals surface area (Å²) in [6.45, 7) is 4.49. The van der Waals surface area contributed by atoms with Gasteiger partial charge in [0.2, 0.25) is 0 Å². The van der Waals surface area contributed by atoms with Crippen molar-refractivity contribution in [1.82, 2.24) is 19.5 Å². The van der Waals surface area contributed by atoms with E-state index >= 15 is 0 Å². The normalized spacial score (nSPS) is 17.7. The van der Waals surface area contributed by atoms with Gasteiger partial charge >= 0.3 is 0 Å². The standard InChI is InChI=1S/C20H21FN4O/c1-13-11-19-22-12-17(14(2)25(19)23-13)20(26)24-10-4-3-5-18(24)15-6-8-16(21)9-7-15/h6-9,11-12,18H,3-5,10H2,1-2H3. The highest BCUT2D eigenvalue weighted by Gasteiger charge is 2.30. The van der Waals surface area contributed by atoms with E-state index in [9.17, 15) is 9.18 Å². The van der Waals surface area contributed by atoms with Gasteiger partial charge in [0.1, 0.15) is 5.82 Å². The van der Waals surface area contributed by atoms with Gasteiger partial charge in [-0.25, -0.2) is 13.9 Å². The highest BCUT2D eigenvalue weighted by Crippen LogP contribution is 2.32. The van der Waals surface area contributed by atoms with Crippen LogP contribution < -0.4 is 0 Å². The van der Waals surface area contributed by atoms with Crippen LogP contribution in [0.2, 0.25) is 0 Å². The van der Waals surface area contributed by atoms with Crippen molar-refractivity contribution in [3.8, 4) is 0 Å². The molecule has 1 unspecified atom stereocenters. The summed E-state index contributed by atoms with van der Waals surface area (Å²) in [6, 6.07) is 8.32. The monoisotopic (exact) mass is 352 g/mol. The van der Waals surface area contributed by atoms with Gasteiger partial charge in [0.05, 0.1) is 23.0 Å². The highest BCUT2D eigenvalue weighted by atomic mass is 19.1. The number of hydrogen-bond donors (Lipinski definition) is 0. The number of carbonyl (C=O) groups is 1. The summed E-state index contributed by atoms with van der Waals surface area (Å²) in [5.41, 5.74) is 3.94. The molecule has 1 fully saturated rings. The van der Waals surface area contributed by atoms with Crippen LogP contribution in [-0.4, -0.2) is 31.9 Å². The molecule has 0 saturated carbocycles. The molecule has 1 saturated heterocycles. The molecule has 1 amide bonds. The molecule has 4 rings (SSSR count). The van der Waals surface area contributed by atoms with Gasteiger partial charge in [0.25, 0.3) is 5.91 Å². The minimum Gasteiger partial charge on any atom is -0.332 e. The Kier molecular flexibility index (Phi) is 4.18. The van der Waals surface area contributed by atoms with Crippen LogP contribution in [0.5, 0.6) is 0 Å². The Morgan fingerprint density at radius 2 is 1.96 bits per heavy atom. The maximum Gasteiger partial charge on any atom is 0.257 e. The second-order valence-corrected chi connectivity index (χ2v) is 6.87. The molecule has 6 heteroatoms. The SMILES string of the molecule is Cc1cc2ncc(C(=O)N3CCCCC3c3ccc(F)cc3)c(C)n2n1. The largest absolute Gasteiger partial charge is 0.332 e. The third kappa shape index (κ3) is 2.85. The molecule has 0 N–H and O–H groups in total. The maximum atomic E-state index is 13.3. The fourth-order valence-corrected chi connectivity index (χ4v) is 3.73. The number of likely N-dealkylation sites (tertiary alicyclic amines) is 1. The van der Waals surface area contributed by atoms with Gasteiger partial charge in [0.15, 0.2) is 5.65 Å². The summed E-state index contributed by atoms with van der Waals surface area (Å²) in [5.74, 6) is -0.305. The second kappa shape index (κ2) is 6.52. The van der Waals surface area contributed by atoms with E-state index in [1.165, 1.54) is 12.1 Å². The molecule has 0 aliphatic carbocycles. The third-order valence-electron chi connectivity index (χ3n) is 5.09. The highest BCUT2D eigenvalue weighted by molar-refractivity contribution is 5.95. The summed E-state index contributed by atoms with van der Waals surface area (Å²) >= 11 is 0. The van der Waals surface area contributed by atoms with Crippen molar-refractivity contribution in [3.63, 3.8) is 0 Å². The fraction of sp³-hybridized carbons (Fsp3) is 0.350. The number of carbonyl (C=O) groups excluding carboxylic acids is 1. The molecule has 1 aliphatic heterocycles. The first-order valence-electron chi connectivity index (χ1n) is 8.93. The van der Waals surface area contributed by atoms with E-state index in [4.69, 9.17) is 0 Å². The van der Waals surface area contributed by atoms with Crippen LogP contribution in [0.25, 0.3) is 5.65 Å². The lowest BCUT2D eigenvalue weighted by atomic mass is 9.94. The number of hydrogen-bond acceptors (Lipinski definition) is 3. The van der Waals surface area contributed by atoms with E-state index in [1.54, 1.807) is 22.8 Å². The van der Waals surface area contributed by atoms with Crippen molar-refractivity contribution in [1.29, 1.82) is 0 Å². The number of piperidine rings is 1. The van der Waals surface area contributed by atoms with E-state index in [0.29, 0.717) is 12.1 Å². The van der Waals surface area contributed by atoms with Crippen molar-refractivity contribution in [3.05, 3.63) is 64.9 Å². The van der Waals surface area contributed by atoms with Crippen LogP contribution in [-0.2, 0) is 0 Å². The van der Waals surface area contributed by atoms with Gasteiger partial charge in [-0.3, -0.25) is 4.79 Å². The average Bonchev–Trinajstić information content (AvgIpc) is 3.04. The Bertz CT molecular complexity index is 964. The summed E-state index contributed by atoms with van der Waals surface area (Å²) in [7, 11) is 0. The van der Waals surface area contributed by atoms with Crippen LogP contribution in [0.1, 0.15) is 52.6 Å². The zero-order valence-electron chi connectivity index (χ0n) is 14.9. The van der Waals surface area contributed by atoms with Crippen molar-refractivity contribution >= 4 is 11.6 Å². The second-order valence-electron chi connectivity index (χ2n) is 6.87. The number of aryl methyl sites for hydroxylation is 2. The van der Waals surface area contributed by atoms with Gasteiger partial charge in [0, 0.05) is 18.8 Å². The minimum absolute atomic E-state index is 0.0358. The predicted molar refractivity (Wildman–Crippen MR) is 96.5 cm³/mol. The van der Waals surface area contributed by atoms with E-state index in [2.05, 4.69) is 10.1 Å². The third-order valence-corrected chi connectivity index (χ3v) is 5.09. The van der Waals surface area contributed by atoms with E-state index < -0.39 is 0 Å². The number of benzene rings is 1. The molecule has 0 spiro atoms. The topological polar surface area (TPSA) is 50.5 Å². The predicted octanol–water partition coefficient (Wildman–Crippen LogP) is 3.85. The summed E-state index contributed by atoms with van der Waals surface area (Å²) in [6.07, 6.45) is 4.55.